The molecule has 130 valence electrons. The van der Waals surface area contributed by atoms with Gasteiger partial charge in [0.1, 0.15) is 22.7 Å². The molecule has 1 aromatic heterocycles. The number of benzene rings is 1. The van der Waals surface area contributed by atoms with Crippen molar-refractivity contribution >= 4 is 17.4 Å². The second kappa shape index (κ2) is 5.34. The van der Waals surface area contributed by atoms with Gasteiger partial charge < -0.3 is 20.1 Å². The van der Waals surface area contributed by atoms with Crippen LogP contribution in [0.2, 0.25) is 0 Å². The summed E-state index contributed by atoms with van der Waals surface area (Å²) in [6.45, 7) is 4.65. The number of carbonyl (C=O) groups is 1. The molecule has 0 unspecified atom stereocenters. The van der Waals surface area contributed by atoms with E-state index in [-0.39, 0.29) is 23.3 Å². The van der Waals surface area contributed by atoms with Crippen molar-refractivity contribution in [2.75, 3.05) is 24.3 Å². The lowest BCUT2D eigenvalue weighted by atomic mass is 10.00. The number of rotatable bonds is 2. The van der Waals surface area contributed by atoms with Crippen LogP contribution in [0, 0.1) is 0 Å². The average molecular weight is 340 g/mol. The van der Waals surface area contributed by atoms with Crippen molar-refractivity contribution in [1.29, 1.82) is 0 Å². The zero-order valence-electron chi connectivity index (χ0n) is 14.5. The topological polar surface area (TPSA) is 90.6 Å². The summed E-state index contributed by atoms with van der Waals surface area (Å²) in [5.41, 5.74) is 8.71. The van der Waals surface area contributed by atoms with Crippen molar-refractivity contribution in [2.45, 2.75) is 32.3 Å². The van der Waals surface area contributed by atoms with Gasteiger partial charge in [-0.3, -0.25) is 4.79 Å². The van der Waals surface area contributed by atoms with Crippen LogP contribution in [0.25, 0.3) is 0 Å². The average Bonchev–Trinajstić information content (AvgIpc) is 2.87. The highest BCUT2D eigenvalue weighted by Gasteiger charge is 2.33. The van der Waals surface area contributed by atoms with Crippen LogP contribution in [0.4, 0.5) is 11.5 Å². The summed E-state index contributed by atoms with van der Waals surface area (Å²) in [6.07, 6.45) is 1.42. The van der Waals surface area contributed by atoms with Gasteiger partial charge in [0.25, 0.3) is 5.91 Å². The third-order valence-corrected chi connectivity index (χ3v) is 4.56. The first kappa shape index (κ1) is 15.7. The largest absolute Gasteiger partial charge is 0.487 e. The SMILES string of the molecule is COc1nc(N)c2c(n1)CCN(c1ccc3c(c1)CC(C)(C)O3)C2=O. The van der Waals surface area contributed by atoms with Crippen LogP contribution >= 0.6 is 0 Å². The van der Waals surface area contributed by atoms with Crippen LogP contribution in [0.15, 0.2) is 18.2 Å². The molecule has 0 atom stereocenters. The quantitative estimate of drug-likeness (QED) is 0.899. The molecule has 2 N–H and O–H groups in total. The van der Waals surface area contributed by atoms with E-state index < -0.39 is 0 Å². The minimum Gasteiger partial charge on any atom is -0.487 e. The first-order chi connectivity index (χ1) is 11.9. The third kappa shape index (κ3) is 2.56. The molecule has 4 rings (SSSR count). The number of ether oxygens (including phenoxy) is 2. The van der Waals surface area contributed by atoms with E-state index in [0.717, 1.165) is 23.4 Å². The molecular formula is C18H20N4O3. The molecular weight excluding hydrogens is 320 g/mol. The van der Waals surface area contributed by atoms with Gasteiger partial charge in [-0.05, 0) is 32.0 Å². The van der Waals surface area contributed by atoms with E-state index in [4.69, 9.17) is 15.2 Å². The zero-order chi connectivity index (χ0) is 17.8. The van der Waals surface area contributed by atoms with E-state index in [1.165, 1.54) is 7.11 Å². The minimum atomic E-state index is -0.214. The summed E-state index contributed by atoms with van der Waals surface area (Å²) in [5, 5.41) is 0. The van der Waals surface area contributed by atoms with Crippen molar-refractivity contribution in [1.82, 2.24) is 9.97 Å². The summed E-state index contributed by atoms with van der Waals surface area (Å²) >= 11 is 0. The molecule has 0 saturated carbocycles. The number of nitrogen functional groups attached to an aromatic ring is 1. The number of fused-ring (bicyclic) bond motifs is 2. The molecule has 3 heterocycles. The highest BCUT2D eigenvalue weighted by atomic mass is 16.5. The van der Waals surface area contributed by atoms with Crippen LogP contribution in [0.1, 0.15) is 35.5 Å². The number of methoxy groups -OCH3 is 1. The Morgan fingerprint density at radius 2 is 2.12 bits per heavy atom. The number of carbonyl (C=O) groups excluding carboxylic acids is 1. The Hall–Kier alpha value is -2.83. The van der Waals surface area contributed by atoms with Crippen LogP contribution in [-0.2, 0) is 12.8 Å². The fraction of sp³-hybridized carbons (Fsp3) is 0.389. The second-order valence-electron chi connectivity index (χ2n) is 6.95. The predicted molar refractivity (Wildman–Crippen MR) is 93.2 cm³/mol. The molecule has 2 aliphatic rings. The monoisotopic (exact) mass is 340 g/mol. The molecule has 0 saturated heterocycles. The number of amides is 1. The second-order valence-corrected chi connectivity index (χ2v) is 6.95. The van der Waals surface area contributed by atoms with Gasteiger partial charge in [-0.1, -0.05) is 0 Å². The molecule has 0 bridgehead atoms. The van der Waals surface area contributed by atoms with E-state index in [1.807, 2.05) is 18.2 Å². The molecule has 2 aromatic rings. The molecule has 1 amide bonds. The number of nitrogens with zero attached hydrogens (tertiary/aromatic N) is 3. The van der Waals surface area contributed by atoms with E-state index in [9.17, 15) is 4.79 Å². The molecule has 0 fully saturated rings. The first-order valence-electron chi connectivity index (χ1n) is 8.22. The lowest BCUT2D eigenvalue weighted by Crippen LogP contribution is -2.39. The van der Waals surface area contributed by atoms with Gasteiger partial charge in [0.05, 0.1) is 12.8 Å². The van der Waals surface area contributed by atoms with Gasteiger partial charge in [0.15, 0.2) is 0 Å². The standard InChI is InChI=1S/C18H20N4O3/c1-18(2)9-10-8-11(4-5-13(10)25-18)22-7-6-12-14(16(22)23)15(19)21-17(20-12)24-3/h4-5,8H,6-7,9H2,1-3H3,(H2,19,20,21). The highest BCUT2D eigenvalue weighted by molar-refractivity contribution is 6.10. The molecule has 25 heavy (non-hydrogen) atoms. The fourth-order valence-corrected chi connectivity index (χ4v) is 3.47. The molecule has 0 radical (unpaired) electrons. The lowest BCUT2D eigenvalue weighted by molar-refractivity contribution is 0.0980. The lowest BCUT2D eigenvalue weighted by Gasteiger charge is -2.28. The Labute approximate surface area is 145 Å². The van der Waals surface area contributed by atoms with E-state index in [1.54, 1.807) is 4.90 Å². The molecule has 7 heteroatoms. The Kier molecular flexibility index (Phi) is 3.35. The van der Waals surface area contributed by atoms with E-state index in [2.05, 4.69) is 23.8 Å². The van der Waals surface area contributed by atoms with Crippen molar-refractivity contribution in [3.63, 3.8) is 0 Å². The van der Waals surface area contributed by atoms with Gasteiger partial charge in [-0.2, -0.15) is 9.97 Å². The smallest absolute Gasteiger partial charge is 0.318 e. The summed E-state index contributed by atoms with van der Waals surface area (Å²) in [7, 11) is 1.48. The van der Waals surface area contributed by atoms with Gasteiger partial charge in [-0.25, -0.2) is 0 Å². The zero-order valence-corrected chi connectivity index (χ0v) is 14.5. The summed E-state index contributed by atoms with van der Waals surface area (Å²) in [4.78, 5) is 23.0. The summed E-state index contributed by atoms with van der Waals surface area (Å²) in [6, 6.07) is 6.04. The normalized spacial score (nSPS) is 17.7. The number of aromatic nitrogens is 2. The van der Waals surface area contributed by atoms with Gasteiger partial charge in [0.2, 0.25) is 0 Å². The molecule has 0 spiro atoms. The van der Waals surface area contributed by atoms with Crippen LogP contribution in [0.5, 0.6) is 11.8 Å². The van der Waals surface area contributed by atoms with Crippen molar-refractivity contribution in [3.05, 3.63) is 35.0 Å². The van der Waals surface area contributed by atoms with Crippen molar-refractivity contribution in [2.24, 2.45) is 0 Å². The van der Waals surface area contributed by atoms with Gasteiger partial charge in [-0.15, -0.1) is 0 Å². The molecule has 0 aliphatic carbocycles. The van der Waals surface area contributed by atoms with Gasteiger partial charge in [0, 0.05) is 30.6 Å². The predicted octanol–water partition coefficient (Wildman–Crippen LogP) is 1.98. The summed E-state index contributed by atoms with van der Waals surface area (Å²) < 4.78 is 10.9. The van der Waals surface area contributed by atoms with Crippen LogP contribution in [-0.4, -0.2) is 35.1 Å². The molecule has 1 aromatic carbocycles. The maximum atomic E-state index is 13.0. The first-order valence-corrected chi connectivity index (χ1v) is 8.22. The van der Waals surface area contributed by atoms with E-state index in [0.29, 0.717) is 24.2 Å². The van der Waals surface area contributed by atoms with Gasteiger partial charge >= 0.3 is 6.01 Å². The van der Waals surface area contributed by atoms with Crippen molar-refractivity contribution < 1.29 is 14.3 Å². The third-order valence-electron chi connectivity index (χ3n) is 4.56. The number of hydrogen-bond acceptors (Lipinski definition) is 6. The number of anilines is 2. The van der Waals surface area contributed by atoms with Crippen LogP contribution < -0.4 is 20.1 Å². The molecule has 7 nitrogen and oxygen atoms in total. The van der Waals surface area contributed by atoms with Crippen LogP contribution in [0.3, 0.4) is 0 Å². The molecule has 2 aliphatic heterocycles. The highest BCUT2D eigenvalue weighted by Crippen LogP contribution is 2.38. The number of hydrogen-bond donors (Lipinski definition) is 1. The summed E-state index contributed by atoms with van der Waals surface area (Å²) in [5.74, 6) is 0.855. The fourth-order valence-electron chi connectivity index (χ4n) is 3.47. The van der Waals surface area contributed by atoms with Crippen molar-refractivity contribution in [3.8, 4) is 11.8 Å². The number of nitrogens with two attached hydrogens (primary N) is 1. The maximum Gasteiger partial charge on any atom is 0.318 e. The Morgan fingerprint density at radius 1 is 1.32 bits per heavy atom. The minimum absolute atomic E-state index is 0.155. The Balaban J connectivity index is 1.69. The van der Waals surface area contributed by atoms with E-state index >= 15 is 0 Å². The maximum absolute atomic E-state index is 13.0. The Morgan fingerprint density at radius 3 is 2.88 bits per heavy atom. The Bertz CT molecular complexity index is 879.